The Hall–Kier alpha value is -2.69. The van der Waals surface area contributed by atoms with Gasteiger partial charge in [-0.15, -0.1) is 0 Å². The number of nitrogens with one attached hydrogen (secondary N) is 1. The minimum absolute atomic E-state index is 0.193. The van der Waals surface area contributed by atoms with E-state index in [-0.39, 0.29) is 5.56 Å². The second kappa shape index (κ2) is 6.47. The third-order valence-electron chi connectivity index (χ3n) is 2.47. The molecule has 2 rings (SSSR count). The zero-order valence-electron chi connectivity index (χ0n) is 10.5. The molecule has 0 spiro atoms. The van der Waals surface area contributed by atoms with Crippen molar-refractivity contribution in [2.75, 3.05) is 11.9 Å². The van der Waals surface area contributed by atoms with Gasteiger partial charge in [0.05, 0.1) is 5.56 Å². The lowest BCUT2D eigenvalue weighted by Gasteiger charge is -2.06. The van der Waals surface area contributed by atoms with Crippen molar-refractivity contribution in [1.29, 1.82) is 0 Å². The summed E-state index contributed by atoms with van der Waals surface area (Å²) in [5.41, 5.74) is 0.814. The van der Waals surface area contributed by atoms with E-state index in [2.05, 4.69) is 5.32 Å². The van der Waals surface area contributed by atoms with E-state index in [1.54, 1.807) is 24.3 Å². The molecule has 0 unspecified atom stereocenters. The second-order valence-electron chi connectivity index (χ2n) is 4.00. The van der Waals surface area contributed by atoms with Crippen molar-refractivity contribution in [1.82, 2.24) is 0 Å². The maximum absolute atomic E-state index is 12.7. The molecule has 20 heavy (non-hydrogen) atoms. The Balaban J connectivity index is 1.84. The summed E-state index contributed by atoms with van der Waals surface area (Å²) in [6.45, 7) is -0.398. The molecule has 2 aromatic rings. The van der Waals surface area contributed by atoms with E-state index >= 15 is 0 Å². The molecule has 0 saturated carbocycles. The van der Waals surface area contributed by atoms with Crippen LogP contribution in [0.25, 0.3) is 0 Å². The highest BCUT2D eigenvalue weighted by Crippen LogP contribution is 2.06. The molecule has 0 fully saturated rings. The van der Waals surface area contributed by atoms with Crippen molar-refractivity contribution in [3.8, 4) is 0 Å². The number of rotatable bonds is 4. The summed E-state index contributed by atoms with van der Waals surface area (Å²) in [4.78, 5) is 23.1. The number of esters is 1. The molecule has 1 amide bonds. The van der Waals surface area contributed by atoms with E-state index < -0.39 is 24.3 Å². The Bertz CT molecular complexity index is 596. The topological polar surface area (TPSA) is 55.4 Å². The molecular formula is C15H12FNO3. The van der Waals surface area contributed by atoms with Crippen molar-refractivity contribution in [3.63, 3.8) is 0 Å². The first-order valence-corrected chi connectivity index (χ1v) is 5.93. The lowest BCUT2D eigenvalue weighted by Crippen LogP contribution is -2.20. The van der Waals surface area contributed by atoms with Crippen LogP contribution in [0.2, 0.25) is 0 Å². The van der Waals surface area contributed by atoms with Gasteiger partial charge in [-0.1, -0.05) is 18.2 Å². The maximum Gasteiger partial charge on any atom is 0.338 e. The van der Waals surface area contributed by atoms with Gasteiger partial charge in [0.15, 0.2) is 6.61 Å². The smallest absolute Gasteiger partial charge is 0.338 e. The molecule has 0 aliphatic rings. The van der Waals surface area contributed by atoms with Gasteiger partial charge in [0.2, 0.25) is 0 Å². The maximum atomic E-state index is 12.7. The van der Waals surface area contributed by atoms with E-state index in [0.29, 0.717) is 5.69 Å². The molecule has 0 aliphatic carbocycles. The fraction of sp³-hybridized carbons (Fsp3) is 0.0667. The quantitative estimate of drug-likeness (QED) is 0.871. The van der Waals surface area contributed by atoms with Crippen molar-refractivity contribution < 1.29 is 18.7 Å². The summed E-state index contributed by atoms with van der Waals surface area (Å²) in [5, 5.41) is 2.58. The van der Waals surface area contributed by atoms with E-state index in [0.717, 1.165) is 12.1 Å². The Kier molecular flexibility index (Phi) is 4.44. The lowest BCUT2D eigenvalue weighted by atomic mass is 10.2. The molecule has 102 valence electrons. The van der Waals surface area contributed by atoms with Crippen LogP contribution in [0.15, 0.2) is 54.6 Å². The average molecular weight is 273 g/mol. The molecule has 0 atom stereocenters. The standard InChI is InChI=1S/C15H12FNO3/c16-12-8-6-11(7-9-12)15(19)20-10-14(18)17-13-4-2-1-3-5-13/h1-9H,10H2,(H,17,18). The summed E-state index contributed by atoms with van der Waals surface area (Å²) < 4.78 is 17.5. The van der Waals surface area contributed by atoms with Crippen molar-refractivity contribution in [2.24, 2.45) is 0 Å². The fourth-order valence-corrected chi connectivity index (χ4v) is 1.52. The summed E-state index contributed by atoms with van der Waals surface area (Å²) in [5.74, 6) is -1.55. The number of hydrogen-bond donors (Lipinski definition) is 1. The molecule has 1 N–H and O–H groups in total. The molecule has 0 radical (unpaired) electrons. The minimum atomic E-state index is -0.673. The average Bonchev–Trinajstić information content (AvgIpc) is 2.46. The zero-order valence-corrected chi connectivity index (χ0v) is 10.5. The van der Waals surface area contributed by atoms with Gasteiger partial charge in [-0.3, -0.25) is 4.79 Å². The number of halogens is 1. The number of carbonyl (C=O) groups is 2. The third kappa shape index (κ3) is 3.91. The number of amides is 1. The molecule has 0 aromatic heterocycles. The highest BCUT2D eigenvalue weighted by molar-refractivity contribution is 5.95. The Morgan fingerprint density at radius 3 is 2.30 bits per heavy atom. The summed E-state index contributed by atoms with van der Waals surface area (Å²) >= 11 is 0. The van der Waals surface area contributed by atoms with Gasteiger partial charge in [-0.05, 0) is 36.4 Å². The molecule has 2 aromatic carbocycles. The highest BCUT2D eigenvalue weighted by atomic mass is 19.1. The van der Waals surface area contributed by atoms with Crippen LogP contribution in [0.1, 0.15) is 10.4 Å². The lowest BCUT2D eigenvalue weighted by molar-refractivity contribution is -0.119. The predicted molar refractivity (Wildman–Crippen MR) is 71.8 cm³/mol. The van der Waals surface area contributed by atoms with Gasteiger partial charge in [-0.25, -0.2) is 9.18 Å². The largest absolute Gasteiger partial charge is 0.452 e. The molecule has 0 bridgehead atoms. The number of anilines is 1. The van der Waals surface area contributed by atoms with Crippen molar-refractivity contribution in [2.45, 2.75) is 0 Å². The zero-order chi connectivity index (χ0) is 14.4. The first-order chi connectivity index (χ1) is 9.65. The van der Waals surface area contributed by atoms with Crippen LogP contribution in [0, 0.1) is 5.82 Å². The molecule has 0 heterocycles. The molecule has 4 nitrogen and oxygen atoms in total. The van der Waals surface area contributed by atoms with Gasteiger partial charge < -0.3 is 10.1 Å². The van der Waals surface area contributed by atoms with Gasteiger partial charge >= 0.3 is 5.97 Å². The highest BCUT2D eigenvalue weighted by Gasteiger charge is 2.10. The number of ether oxygens (including phenoxy) is 1. The fourth-order valence-electron chi connectivity index (χ4n) is 1.52. The minimum Gasteiger partial charge on any atom is -0.452 e. The van der Waals surface area contributed by atoms with E-state index in [9.17, 15) is 14.0 Å². The normalized spacial score (nSPS) is 9.85. The van der Waals surface area contributed by atoms with Crippen LogP contribution in [0.3, 0.4) is 0 Å². The second-order valence-corrected chi connectivity index (χ2v) is 4.00. The Labute approximate surface area is 115 Å². The number of para-hydroxylation sites is 1. The van der Waals surface area contributed by atoms with Crippen LogP contribution >= 0.6 is 0 Å². The Morgan fingerprint density at radius 1 is 1.00 bits per heavy atom. The van der Waals surface area contributed by atoms with Gasteiger partial charge in [0, 0.05) is 5.69 Å². The number of benzene rings is 2. The van der Waals surface area contributed by atoms with Gasteiger partial charge in [0.1, 0.15) is 5.82 Å². The monoisotopic (exact) mass is 273 g/mol. The van der Waals surface area contributed by atoms with Crippen molar-refractivity contribution >= 4 is 17.6 Å². The van der Waals surface area contributed by atoms with E-state index in [4.69, 9.17) is 4.74 Å². The predicted octanol–water partition coefficient (Wildman–Crippen LogP) is 2.62. The Morgan fingerprint density at radius 2 is 1.65 bits per heavy atom. The van der Waals surface area contributed by atoms with E-state index in [1.165, 1.54) is 12.1 Å². The third-order valence-corrected chi connectivity index (χ3v) is 2.47. The van der Waals surface area contributed by atoms with Gasteiger partial charge in [-0.2, -0.15) is 0 Å². The molecular weight excluding hydrogens is 261 g/mol. The SMILES string of the molecule is O=C(COC(=O)c1ccc(F)cc1)Nc1ccccc1. The van der Waals surface area contributed by atoms with Gasteiger partial charge in [0.25, 0.3) is 5.91 Å². The first kappa shape index (κ1) is 13.7. The number of hydrogen-bond acceptors (Lipinski definition) is 3. The van der Waals surface area contributed by atoms with Crippen LogP contribution in [-0.4, -0.2) is 18.5 Å². The van der Waals surface area contributed by atoms with Crippen LogP contribution < -0.4 is 5.32 Å². The first-order valence-electron chi connectivity index (χ1n) is 5.93. The molecule has 0 aliphatic heterocycles. The van der Waals surface area contributed by atoms with Crippen LogP contribution in [0.4, 0.5) is 10.1 Å². The van der Waals surface area contributed by atoms with Crippen molar-refractivity contribution in [3.05, 3.63) is 66.0 Å². The van der Waals surface area contributed by atoms with Crippen LogP contribution in [-0.2, 0) is 9.53 Å². The molecule has 0 saturated heterocycles. The number of carbonyl (C=O) groups excluding carboxylic acids is 2. The van der Waals surface area contributed by atoms with E-state index in [1.807, 2.05) is 6.07 Å². The van der Waals surface area contributed by atoms with Crippen LogP contribution in [0.5, 0.6) is 0 Å². The molecule has 5 heteroatoms. The summed E-state index contributed by atoms with van der Waals surface area (Å²) in [6, 6.07) is 13.7. The summed E-state index contributed by atoms with van der Waals surface area (Å²) in [7, 11) is 0. The summed E-state index contributed by atoms with van der Waals surface area (Å²) in [6.07, 6.45) is 0.